The molecule has 3 amide bonds. The molecule has 3 aromatic carbocycles. The highest BCUT2D eigenvalue weighted by molar-refractivity contribution is 6.09. The van der Waals surface area contributed by atoms with Crippen LogP contribution in [0.25, 0.3) is 0 Å². The molecule has 0 radical (unpaired) electrons. The number of carbonyl (C=O) groups is 3. The van der Waals surface area contributed by atoms with Gasteiger partial charge >= 0.3 is 6.03 Å². The summed E-state index contributed by atoms with van der Waals surface area (Å²) in [4.78, 5) is 39.4. The zero-order valence-electron chi connectivity index (χ0n) is 17.5. The average Bonchev–Trinajstić information content (AvgIpc) is 3.11. The van der Waals surface area contributed by atoms with E-state index in [9.17, 15) is 14.4 Å². The first kappa shape index (κ1) is 20.0. The summed E-state index contributed by atoms with van der Waals surface area (Å²) in [6.07, 6.45) is 1.35. The lowest BCUT2D eigenvalue weighted by molar-refractivity contribution is 0.0886. The van der Waals surface area contributed by atoms with E-state index in [2.05, 4.69) is 10.6 Å². The first-order valence-corrected chi connectivity index (χ1v) is 10.7. The summed E-state index contributed by atoms with van der Waals surface area (Å²) in [6.45, 7) is 1.09. The van der Waals surface area contributed by atoms with Crippen LogP contribution in [-0.4, -0.2) is 35.7 Å². The summed E-state index contributed by atoms with van der Waals surface area (Å²) < 4.78 is 0. The molecule has 0 unspecified atom stereocenters. The molecular formula is C26H23N3O3. The average molecular weight is 425 g/mol. The lowest BCUT2D eigenvalue weighted by Crippen LogP contribution is -2.51. The van der Waals surface area contributed by atoms with Crippen LogP contribution in [0.2, 0.25) is 0 Å². The Labute approximate surface area is 186 Å². The standard InChI is InChI=1S/C26H23N3O3/c30-23(18-6-2-1-3-7-18)19-10-12-20(13-11-19)27-25(32)29-16-14-26(15-17-29)22-9-5-4-8-21(22)24(31)28-26/h1-13H,14-17H2,(H,27,32)(H,28,31). The molecule has 32 heavy (non-hydrogen) atoms. The molecule has 2 aliphatic rings. The molecule has 160 valence electrons. The number of nitrogens with one attached hydrogen (secondary N) is 2. The van der Waals surface area contributed by atoms with E-state index in [1.54, 1.807) is 41.3 Å². The number of fused-ring (bicyclic) bond motifs is 2. The van der Waals surface area contributed by atoms with Crippen molar-refractivity contribution in [3.05, 3.63) is 101 Å². The van der Waals surface area contributed by atoms with Crippen LogP contribution in [0.5, 0.6) is 0 Å². The van der Waals surface area contributed by atoms with E-state index in [-0.39, 0.29) is 23.3 Å². The molecule has 2 N–H and O–H groups in total. The van der Waals surface area contributed by atoms with Crippen LogP contribution in [0.1, 0.15) is 44.7 Å². The maximum Gasteiger partial charge on any atom is 0.321 e. The van der Waals surface area contributed by atoms with Crippen LogP contribution < -0.4 is 10.6 Å². The van der Waals surface area contributed by atoms with Gasteiger partial charge in [-0.1, -0.05) is 48.5 Å². The number of benzene rings is 3. The molecule has 1 saturated heterocycles. The SMILES string of the molecule is O=C(c1ccccc1)c1ccc(NC(=O)N2CCC3(CC2)NC(=O)c2ccccc23)cc1. The predicted molar refractivity (Wildman–Crippen MR) is 122 cm³/mol. The van der Waals surface area contributed by atoms with Crippen molar-refractivity contribution in [2.75, 3.05) is 18.4 Å². The third kappa shape index (κ3) is 3.54. The highest BCUT2D eigenvalue weighted by Crippen LogP contribution is 2.39. The Morgan fingerprint density at radius 2 is 1.44 bits per heavy atom. The van der Waals surface area contributed by atoms with Crippen molar-refractivity contribution >= 4 is 23.4 Å². The van der Waals surface area contributed by atoms with Crippen molar-refractivity contribution in [2.45, 2.75) is 18.4 Å². The van der Waals surface area contributed by atoms with Crippen molar-refractivity contribution < 1.29 is 14.4 Å². The third-order valence-corrected chi connectivity index (χ3v) is 6.38. The number of anilines is 1. The minimum absolute atomic E-state index is 0.0383. The Morgan fingerprint density at radius 3 is 2.16 bits per heavy atom. The molecule has 1 fully saturated rings. The molecule has 2 aliphatic heterocycles. The van der Waals surface area contributed by atoms with Gasteiger partial charge in [0.05, 0.1) is 5.54 Å². The van der Waals surface area contributed by atoms with Crippen molar-refractivity contribution in [3.8, 4) is 0 Å². The highest BCUT2D eigenvalue weighted by atomic mass is 16.2. The minimum Gasteiger partial charge on any atom is -0.342 e. The summed E-state index contributed by atoms with van der Waals surface area (Å²) in [5.41, 5.74) is 3.22. The second-order valence-corrected chi connectivity index (χ2v) is 8.27. The first-order valence-electron chi connectivity index (χ1n) is 10.7. The smallest absolute Gasteiger partial charge is 0.321 e. The first-order chi connectivity index (χ1) is 15.6. The van der Waals surface area contributed by atoms with E-state index in [0.29, 0.717) is 42.7 Å². The number of piperidine rings is 1. The quantitative estimate of drug-likeness (QED) is 0.618. The van der Waals surface area contributed by atoms with Crippen molar-refractivity contribution in [1.29, 1.82) is 0 Å². The van der Waals surface area contributed by atoms with Gasteiger partial charge in [-0.15, -0.1) is 0 Å². The number of carbonyl (C=O) groups excluding carboxylic acids is 3. The summed E-state index contributed by atoms with van der Waals surface area (Å²) in [7, 11) is 0. The fraction of sp³-hybridized carbons (Fsp3) is 0.192. The number of ketones is 1. The molecular weight excluding hydrogens is 402 g/mol. The number of likely N-dealkylation sites (tertiary alicyclic amines) is 1. The van der Waals surface area contributed by atoms with Gasteiger partial charge in [-0.05, 0) is 48.7 Å². The fourth-order valence-corrected chi connectivity index (χ4v) is 4.60. The summed E-state index contributed by atoms with van der Waals surface area (Å²) in [5, 5.41) is 6.06. The topological polar surface area (TPSA) is 78.5 Å². The van der Waals surface area contributed by atoms with Crippen LogP contribution in [0, 0.1) is 0 Å². The largest absolute Gasteiger partial charge is 0.342 e. The van der Waals surface area contributed by atoms with Crippen molar-refractivity contribution in [1.82, 2.24) is 10.2 Å². The Bertz CT molecular complexity index is 1180. The molecule has 0 atom stereocenters. The van der Waals surface area contributed by atoms with E-state index in [1.807, 2.05) is 42.5 Å². The number of hydrogen-bond donors (Lipinski definition) is 2. The van der Waals surface area contributed by atoms with Crippen molar-refractivity contribution in [3.63, 3.8) is 0 Å². The van der Waals surface area contributed by atoms with Gasteiger partial charge in [0.15, 0.2) is 5.78 Å². The van der Waals surface area contributed by atoms with E-state index in [0.717, 1.165) is 11.1 Å². The van der Waals surface area contributed by atoms with Gasteiger partial charge < -0.3 is 15.5 Å². The van der Waals surface area contributed by atoms with Gasteiger partial charge in [0.1, 0.15) is 0 Å². The van der Waals surface area contributed by atoms with Gasteiger partial charge in [-0.25, -0.2) is 4.79 Å². The molecule has 5 rings (SSSR count). The molecule has 0 bridgehead atoms. The highest BCUT2D eigenvalue weighted by Gasteiger charge is 2.45. The molecule has 0 aromatic heterocycles. The zero-order chi connectivity index (χ0) is 22.1. The van der Waals surface area contributed by atoms with Gasteiger partial charge in [0.25, 0.3) is 5.91 Å². The zero-order valence-corrected chi connectivity index (χ0v) is 17.5. The van der Waals surface area contributed by atoms with Gasteiger partial charge in [0, 0.05) is 35.5 Å². The summed E-state index contributed by atoms with van der Waals surface area (Å²) in [6, 6.07) is 23.5. The summed E-state index contributed by atoms with van der Waals surface area (Å²) in [5.74, 6) is -0.0904. The van der Waals surface area contributed by atoms with E-state index >= 15 is 0 Å². The van der Waals surface area contributed by atoms with E-state index in [4.69, 9.17) is 0 Å². The fourth-order valence-electron chi connectivity index (χ4n) is 4.60. The maximum atomic E-state index is 12.8. The normalized spacial score (nSPS) is 16.4. The maximum absolute atomic E-state index is 12.8. The van der Waals surface area contributed by atoms with Crippen LogP contribution >= 0.6 is 0 Å². The Balaban J connectivity index is 1.22. The third-order valence-electron chi connectivity index (χ3n) is 6.38. The van der Waals surface area contributed by atoms with E-state index in [1.165, 1.54) is 0 Å². The monoisotopic (exact) mass is 425 g/mol. The number of rotatable bonds is 3. The molecule has 6 heteroatoms. The molecule has 3 aromatic rings. The number of hydrogen-bond acceptors (Lipinski definition) is 3. The van der Waals surface area contributed by atoms with Crippen molar-refractivity contribution in [2.24, 2.45) is 0 Å². The molecule has 0 saturated carbocycles. The lowest BCUT2D eigenvalue weighted by Gasteiger charge is -2.39. The van der Waals surface area contributed by atoms with Gasteiger partial charge in [-0.2, -0.15) is 0 Å². The minimum atomic E-state index is -0.385. The number of amides is 3. The lowest BCUT2D eigenvalue weighted by atomic mass is 9.82. The van der Waals surface area contributed by atoms with Crippen LogP contribution in [-0.2, 0) is 5.54 Å². The second kappa shape index (κ2) is 7.96. The second-order valence-electron chi connectivity index (χ2n) is 8.27. The molecule has 1 spiro atoms. The Kier molecular flexibility index (Phi) is 4.98. The molecule has 0 aliphatic carbocycles. The van der Waals surface area contributed by atoms with Crippen LogP contribution in [0.4, 0.5) is 10.5 Å². The van der Waals surface area contributed by atoms with E-state index < -0.39 is 0 Å². The van der Waals surface area contributed by atoms with Crippen LogP contribution in [0.15, 0.2) is 78.9 Å². The molecule has 2 heterocycles. The van der Waals surface area contributed by atoms with Gasteiger partial charge in [0.2, 0.25) is 0 Å². The van der Waals surface area contributed by atoms with Gasteiger partial charge in [-0.3, -0.25) is 9.59 Å². The van der Waals surface area contributed by atoms with Crippen LogP contribution in [0.3, 0.4) is 0 Å². The number of urea groups is 1. The Morgan fingerprint density at radius 1 is 0.812 bits per heavy atom. The predicted octanol–water partition coefficient (Wildman–Crippen LogP) is 4.18. The molecule has 6 nitrogen and oxygen atoms in total. The number of nitrogens with zero attached hydrogens (tertiary/aromatic N) is 1. The Hall–Kier alpha value is -3.93. The summed E-state index contributed by atoms with van der Waals surface area (Å²) >= 11 is 0.